The standard InChI is InChI=1S/C13H19ClN2OS/c1-13(2)5-6-16(7-8-18-13)12-4-3-10(14)11(9-17)15-12/h3-4,17H,5-9H2,1-2H3. The summed E-state index contributed by atoms with van der Waals surface area (Å²) < 4.78 is 0.334. The van der Waals surface area contributed by atoms with Crippen LogP contribution in [0.3, 0.4) is 0 Å². The highest BCUT2D eigenvalue weighted by Gasteiger charge is 2.24. The fourth-order valence-corrected chi connectivity index (χ4v) is 3.27. The zero-order valence-corrected chi connectivity index (χ0v) is 12.4. The van der Waals surface area contributed by atoms with E-state index < -0.39 is 0 Å². The van der Waals surface area contributed by atoms with Gasteiger partial charge in [-0.3, -0.25) is 0 Å². The van der Waals surface area contributed by atoms with Gasteiger partial charge in [-0.1, -0.05) is 25.4 Å². The van der Waals surface area contributed by atoms with E-state index in [4.69, 9.17) is 11.6 Å². The number of pyridine rings is 1. The van der Waals surface area contributed by atoms with Crippen LogP contribution in [-0.2, 0) is 6.61 Å². The molecule has 2 rings (SSSR count). The molecule has 18 heavy (non-hydrogen) atoms. The Hall–Kier alpha value is -0.450. The molecule has 2 heterocycles. The quantitative estimate of drug-likeness (QED) is 0.907. The van der Waals surface area contributed by atoms with Crippen LogP contribution in [0.15, 0.2) is 12.1 Å². The van der Waals surface area contributed by atoms with Gasteiger partial charge in [-0.2, -0.15) is 11.8 Å². The summed E-state index contributed by atoms with van der Waals surface area (Å²) in [6.45, 7) is 6.46. The number of hydrogen-bond donors (Lipinski definition) is 1. The van der Waals surface area contributed by atoms with Crippen LogP contribution in [0.1, 0.15) is 26.0 Å². The van der Waals surface area contributed by atoms with E-state index in [9.17, 15) is 5.11 Å². The first-order chi connectivity index (χ1) is 8.52. The molecule has 3 nitrogen and oxygen atoms in total. The molecule has 0 aromatic carbocycles. The molecule has 0 bridgehead atoms. The predicted molar refractivity (Wildman–Crippen MR) is 78.5 cm³/mol. The lowest BCUT2D eigenvalue weighted by molar-refractivity contribution is 0.277. The second-order valence-corrected chi connectivity index (χ2v) is 7.31. The van der Waals surface area contributed by atoms with Gasteiger partial charge >= 0.3 is 0 Å². The fourth-order valence-electron chi connectivity index (χ4n) is 2.01. The number of aromatic nitrogens is 1. The fraction of sp³-hybridized carbons (Fsp3) is 0.615. The van der Waals surface area contributed by atoms with Gasteiger partial charge in [0.2, 0.25) is 0 Å². The third-order valence-electron chi connectivity index (χ3n) is 3.22. The van der Waals surface area contributed by atoms with Crippen molar-refractivity contribution in [2.75, 3.05) is 23.7 Å². The molecule has 1 aliphatic rings. The smallest absolute Gasteiger partial charge is 0.129 e. The van der Waals surface area contributed by atoms with Gasteiger partial charge in [0.25, 0.3) is 0 Å². The molecular weight excluding hydrogens is 268 g/mol. The van der Waals surface area contributed by atoms with E-state index in [0.717, 1.165) is 31.1 Å². The highest BCUT2D eigenvalue weighted by molar-refractivity contribution is 8.00. The number of halogens is 1. The van der Waals surface area contributed by atoms with Crippen LogP contribution in [0, 0.1) is 0 Å². The number of hydrogen-bond acceptors (Lipinski definition) is 4. The van der Waals surface area contributed by atoms with Crippen LogP contribution in [0.5, 0.6) is 0 Å². The molecule has 1 aromatic heterocycles. The van der Waals surface area contributed by atoms with E-state index in [1.165, 1.54) is 0 Å². The lowest BCUT2D eigenvalue weighted by Crippen LogP contribution is -2.28. The van der Waals surface area contributed by atoms with Gasteiger partial charge in [0.15, 0.2) is 0 Å². The van der Waals surface area contributed by atoms with Crippen molar-refractivity contribution in [1.29, 1.82) is 0 Å². The Labute approximate surface area is 118 Å². The Bertz CT molecular complexity index is 425. The third-order valence-corrected chi connectivity index (χ3v) is 4.93. The monoisotopic (exact) mass is 286 g/mol. The molecule has 1 saturated heterocycles. The van der Waals surface area contributed by atoms with Crippen LogP contribution in [0.4, 0.5) is 5.82 Å². The second kappa shape index (κ2) is 5.68. The highest BCUT2D eigenvalue weighted by Crippen LogP contribution is 2.32. The van der Waals surface area contributed by atoms with Gasteiger partial charge in [-0.25, -0.2) is 4.98 Å². The number of rotatable bonds is 2. The van der Waals surface area contributed by atoms with Gasteiger partial charge < -0.3 is 10.0 Å². The summed E-state index contributed by atoms with van der Waals surface area (Å²) in [6, 6.07) is 3.75. The number of aliphatic hydroxyl groups excluding tert-OH is 1. The molecule has 1 fully saturated rings. The first kappa shape index (κ1) is 14.0. The lowest BCUT2D eigenvalue weighted by atomic mass is 10.1. The van der Waals surface area contributed by atoms with Crippen LogP contribution in [0.2, 0.25) is 5.02 Å². The maximum atomic E-state index is 9.21. The topological polar surface area (TPSA) is 36.4 Å². The minimum absolute atomic E-state index is 0.110. The molecule has 0 atom stereocenters. The summed E-state index contributed by atoms with van der Waals surface area (Å²) in [6.07, 6.45) is 1.14. The summed E-state index contributed by atoms with van der Waals surface area (Å²) in [7, 11) is 0. The van der Waals surface area contributed by atoms with E-state index in [1.54, 1.807) is 0 Å². The lowest BCUT2D eigenvalue weighted by Gasteiger charge is -2.23. The Morgan fingerprint density at radius 3 is 2.94 bits per heavy atom. The zero-order valence-electron chi connectivity index (χ0n) is 10.8. The van der Waals surface area contributed by atoms with Crippen molar-refractivity contribution in [1.82, 2.24) is 4.98 Å². The molecule has 100 valence electrons. The zero-order chi connectivity index (χ0) is 13.2. The number of thioether (sulfide) groups is 1. The largest absolute Gasteiger partial charge is 0.390 e. The van der Waals surface area contributed by atoms with Crippen molar-refractivity contribution in [2.24, 2.45) is 0 Å². The first-order valence-corrected chi connectivity index (χ1v) is 7.53. The van der Waals surface area contributed by atoms with Crippen molar-refractivity contribution >= 4 is 29.2 Å². The number of aliphatic hydroxyl groups is 1. The molecule has 0 saturated carbocycles. The van der Waals surface area contributed by atoms with Crippen LogP contribution >= 0.6 is 23.4 Å². The minimum atomic E-state index is -0.110. The second-order valence-electron chi connectivity index (χ2n) is 5.10. The molecule has 1 aliphatic heterocycles. The molecule has 1 aromatic rings. The molecule has 0 aliphatic carbocycles. The van der Waals surface area contributed by atoms with E-state index in [0.29, 0.717) is 15.5 Å². The Balaban J connectivity index is 2.16. The molecule has 0 amide bonds. The SMILES string of the molecule is CC1(C)CCN(c2ccc(Cl)c(CO)n2)CCS1. The molecule has 0 spiro atoms. The van der Waals surface area contributed by atoms with E-state index in [1.807, 2.05) is 23.9 Å². The molecule has 1 N–H and O–H groups in total. The Morgan fingerprint density at radius 2 is 2.22 bits per heavy atom. The van der Waals surface area contributed by atoms with Gasteiger partial charge in [0.1, 0.15) is 5.82 Å². The summed E-state index contributed by atoms with van der Waals surface area (Å²) >= 11 is 7.98. The van der Waals surface area contributed by atoms with Crippen molar-refractivity contribution in [2.45, 2.75) is 31.6 Å². The average Bonchev–Trinajstić information content (AvgIpc) is 2.51. The Kier molecular flexibility index (Phi) is 4.41. The van der Waals surface area contributed by atoms with E-state index in [2.05, 4.69) is 23.7 Å². The van der Waals surface area contributed by atoms with Crippen LogP contribution in [0.25, 0.3) is 0 Å². The van der Waals surface area contributed by atoms with Crippen LogP contribution in [-0.4, -0.2) is 33.7 Å². The van der Waals surface area contributed by atoms with Crippen molar-refractivity contribution < 1.29 is 5.11 Å². The summed E-state index contributed by atoms with van der Waals surface area (Å²) in [5.74, 6) is 2.02. The maximum absolute atomic E-state index is 9.21. The van der Waals surface area contributed by atoms with Gasteiger partial charge in [0.05, 0.1) is 17.3 Å². The normalized spacial score (nSPS) is 19.7. The molecule has 5 heteroatoms. The van der Waals surface area contributed by atoms with E-state index in [-0.39, 0.29) is 6.61 Å². The Morgan fingerprint density at radius 1 is 1.44 bits per heavy atom. The van der Waals surface area contributed by atoms with Gasteiger partial charge in [0, 0.05) is 23.6 Å². The summed E-state index contributed by atoms with van der Waals surface area (Å²) in [5, 5.41) is 9.74. The average molecular weight is 287 g/mol. The first-order valence-electron chi connectivity index (χ1n) is 6.17. The van der Waals surface area contributed by atoms with Gasteiger partial charge in [-0.15, -0.1) is 0 Å². The third kappa shape index (κ3) is 3.31. The maximum Gasteiger partial charge on any atom is 0.129 e. The molecule has 0 unspecified atom stereocenters. The molecule has 0 radical (unpaired) electrons. The summed E-state index contributed by atoms with van der Waals surface area (Å²) in [4.78, 5) is 6.71. The number of nitrogens with zero attached hydrogens (tertiary/aromatic N) is 2. The predicted octanol–water partition coefficient (Wildman–Crippen LogP) is 2.95. The van der Waals surface area contributed by atoms with Crippen LogP contribution < -0.4 is 4.90 Å². The minimum Gasteiger partial charge on any atom is -0.390 e. The van der Waals surface area contributed by atoms with Crippen molar-refractivity contribution in [3.05, 3.63) is 22.8 Å². The molecular formula is C13H19ClN2OS. The van der Waals surface area contributed by atoms with Crippen molar-refractivity contribution in [3.63, 3.8) is 0 Å². The van der Waals surface area contributed by atoms with E-state index >= 15 is 0 Å². The van der Waals surface area contributed by atoms with Crippen molar-refractivity contribution in [3.8, 4) is 0 Å². The summed E-state index contributed by atoms with van der Waals surface area (Å²) in [5.41, 5.74) is 0.560. The number of anilines is 1. The van der Waals surface area contributed by atoms with Gasteiger partial charge in [-0.05, 0) is 18.6 Å². The highest BCUT2D eigenvalue weighted by atomic mass is 35.5.